The maximum atomic E-state index is 11.0. The van der Waals surface area contributed by atoms with Crippen LogP contribution >= 0.6 is 21.6 Å². The van der Waals surface area contributed by atoms with Crippen molar-refractivity contribution in [3.05, 3.63) is 0 Å². The Morgan fingerprint density at radius 1 is 1.58 bits per heavy atom. The van der Waals surface area contributed by atoms with Gasteiger partial charge in [-0.3, -0.25) is 4.79 Å². The number of ether oxygens (including phenoxy) is 1. The Morgan fingerprint density at radius 2 is 2.25 bits per heavy atom. The van der Waals surface area contributed by atoms with Crippen molar-refractivity contribution in [1.82, 2.24) is 0 Å². The minimum Gasteiger partial charge on any atom is -0.469 e. The molecule has 0 spiro atoms. The molecule has 0 amide bonds. The number of hydrogen-bond donors (Lipinski definition) is 0. The van der Waals surface area contributed by atoms with E-state index in [2.05, 4.69) is 11.0 Å². The average molecular weight is 206 g/mol. The van der Waals surface area contributed by atoms with Gasteiger partial charge in [-0.2, -0.15) is 0 Å². The van der Waals surface area contributed by atoms with Crippen LogP contribution in [0.3, 0.4) is 0 Å². The lowest BCUT2D eigenvalue weighted by atomic mass is 10.1. The summed E-state index contributed by atoms with van der Waals surface area (Å²) >= 11 is 0. The van der Waals surface area contributed by atoms with Crippen molar-refractivity contribution in [2.45, 2.75) is 19.3 Å². The molecule has 1 aliphatic rings. The van der Waals surface area contributed by atoms with Crippen molar-refractivity contribution in [2.24, 2.45) is 5.41 Å². The molecule has 0 N–H and O–H groups in total. The Labute approximate surface area is 81.2 Å². The molecule has 0 saturated heterocycles. The summed E-state index contributed by atoms with van der Waals surface area (Å²) in [5.74, 6) is 1.03. The first kappa shape index (κ1) is 10.3. The zero-order chi connectivity index (χ0) is 9.03. The molecule has 0 aromatic rings. The molecule has 1 fully saturated rings. The molecule has 0 aromatic carbocycles. The Balaban J connectivity index is 2.24. The van der Waals surface area contributed by atoms with E-state index in [0.29, 0.717) is 11.8 Å². The van der Waals surface area contributed by atoms with Crippen LogP contribution in [0.1, 0.15) is 19.3 Å². The van der Waals surface area contributed by atoms with Crippen LogP contribution in [0, 0.1) is 5.41 Å². The smallest absolute Gasteiger partial charge is 0.306 e. The summed E-state index contributed by atoms with van der Waals surface area (Å²) in [6, 6.07) is 0. The summed E-state index contributed by atoms with van der Waals surface area (Å²) < 4.78 is 4.65. The second-order valence-corrected chi connectivity index (χ2v) is 5.75. The molecule has 0 aliphatic heterocycles. The third kappa shape index (κ3) is 2.90. The van der Waals surface area contributed by atoms with E-state index < -0.39 is 0 Å². The third-order valence-corrected chi connectivity index (χ3v) is 4.21. The second-order valence-electron chi connectivity index (χ2n) is 3.18. The van der Waals surface area contributed by atoms with Gasteiger partial charge in [-0.15, -0.1) is 0 Å². The normalized spacial score (nSPS) is 18.8. The van der Waals surface area contributed by atoms with Crippen molar-refractivity contribution >= 4 is 27.6 Å². The first-order valence-electron chi connectivity index (χ1n) is 3.95. The van der Waals surface area contributed by atoms with Gasteiger partial charge < -0.3 is 4.74 Å². The third-order valence-electron chi connectivity index (χ3n) is 2.19. The van der Waals surface area contributed by atoms with Gasteiger partial charge in [-0.05, 0) is 24.5 Å². The summed E-state index contributed by atoms with van der Waals surface area (Å²) in [6.07, 6.45) is 5.06. The number of methoxy groups -OCH3 is 1. The van der Waals surface area contributed by atoms with Crippen LogP contribution in [0.5, 0.6) is 0 Å². The molecule has 1 saturated carbocycles. The van der Waals surface area contributed by atoms with Gasteiger partial charge in [-0.25, -0.2) is 0 Å². The molecule has 0 unspecified atom stereocenters. The van der Waals surface area contributed by atoms with Crippen molar-refractivity contribution < 1.29 is 9.53 Å². The quantitative estimate of drug-likeness (QED) is 0.509. The highest BCUT2D eigenvalue weighted by atomic mass is 33.1. The highest BCUT2D eigenvalue weighted by Gasteiger charge is 2.44. The molecule has 0 atom stereocenters. The van der Waals surface area contributed by atoms with E-state index in [1.807, 2.05) is 10.8 Å². The molecule has 0 heterocycles. The van der Waals surface area contributed by atoms with Crippen LogP contribution in [0.4, 0.5) is 0 Å². The van der Waals surface area contributed by atoms with E-state index in [0.717, 1.165) is 5.75 Å². The Morgan fingerprint density at radius 3 is 2.67 bits per heavy atom. The molecule has 0 aromatic heterocycles. The van der Waals surface area contributed by atoms with Gasteiger partial charge in [0.15, 0.2) is 0 Å². The Bertz CT molecular complexity index is 166. The molecule has 12 heavy (non-hydrogen) atoms. The molecule has 2 nitrogen and oxygen atoms in total. The maximum Gasteiger partial charge on any atom is 0.306 e. The first-order valence-corrected chi connectivity index (χ1v) is 6.68. The van der Waals surface area contributed by atoms with Crippen molar-refractivity contribution in [2.75, 3.05) is 19.1 Å². The highest BCUT2D eigenvalue weighted by molar-refractivity contribution is 8.76. The minimum atomic E-state index is -0.0609. The lowest BCUT2D eigenvalue weighted by molar-refractivity contribution is -0.141. The predicted octanol–water partition coefficient (Wildman–Crippen LogP) is 2.34. The number of carbonyl (C=O) groups is 1. The number of hydrogen-bond acceptors (Lipinski definition) is 4. The maximum absolute atomic E-state index is 11.0. The fourth-order valence-electron chi connectivity index (χ4n) is 1.11. The van der Waals surface area contributed by atoms with Crippen LogP contribution in [0.25, 0.3) is 0 Å². The molecule has 0 bridgehead atoms. The van der Waals surface area contributed by atoms with Gasteiger partial charge in [-0.1, -0.05) is 21.6 Å². The first-order chi connectivity index (χ1) is 5.72. The molecule has 0 radical (unpaired) electrons. The molecular weight excluding hydrogens is 192 g/mol. The lowest BCUT2D eigenvalue weighted by Crippen LogP contribution is -2.12. The summed E-state index contributed by atoms with van der Waals surface area (Å²) in [5.41, 5.74) is 0.292. The van der Waals surface area contributed by atoms with E-state index in [1.54, 1.807) is 10.8 Å². The van der Waals surface area contributed by atoms with E-state index >= 15 is 0 Å². The fourth-order valence-corrected chi connectivity index (χ4v) is 2.97. The molecular formula is C8H14O2S2. The molecule has 70 valence electrons. The Hall–Kier alpha value is 0.170. The number of carbonyl (C=O) groups excluding carboxylic acids is 1. The zero-order valence-electron chi connectivity index (χ0n) is 7.46. The second kappa shape index (κ2) is 4.42. The monoisotopic (exact) mass is 206 g/mol. The van der Waals surface area contributed by atoms with Gasteiger partial charge in [0, 0.05) is 5.75 Å². The van der Waals surface area contributed by atoms with E-state index in [4.69, 9.17) is 0 Å². The predicted molar refractivity (Wildman–Crippen MR) is 54.3 cm³/mol. The van der Waals surface area contributed by atoms with Crippen molar-refractivity contribution in [3.63, 3.8) is 0 Å². The van der Waals surface area contributed by atoms with Gasteiger partial charge >= 0.3 is 5.97 Å². The number of esters is 1. The summed E-state index contributed by atoms with van der Waals surface area (Å²) in [4.78, 5) is 11.0. The Kier molecular flexibility index (Phi) is 3.77. The SMILES string of the molecule is COC(=O)CC1(CSSC)CC1. The summed E-state index contributed by atoms with van der Waals surface area (Å²) in [6.45, 7) is 0. The molecule has 1 rings (SSSR count). The van der Waals surface area contributed by atoms with Gasteiger partial charge in [0.05, 0.1) is 13.5 Å². The molecule has 1 aliphatic carbocycles. The molecule has 4 heteroatoms. The van der Waals surface area contributed by atoms with Gasteiger partial charge in [0.1, 0.15) is 0 Å². The summed E-state index contributed by atoms with van der Waals surface area (Å²) in [7, 11) is 5.07. The van der Waals surface area contributed by atoms with Crippen molar-refractivity contribution in [1.29, 1.82) is 0 Å². The van der Waals surface area contributed by atoms with Crippen LogP contribution in [0.15, 0.2) is 0 Å². The van der Waals surface area contributed by atoms with Crippen molar-refractivity contribution in [3.8, 4) is 0 Å². The van der Waals surface area contributed by atoms with Crippen LogP contribution in [-0.2, 0) is 9.53 Å². The van der Waals surface area contributed by atoms with Crippen LogP contribution in [0.2, 0.25) is 0 Å². The topological polar surface area (TPSA) is 26.3 Å². The van der Waals surface area contributed by atoms with E-state index in [9.17, 15) is 4.79 Å². The van der Waals surface area contributed by atoms with Crippen LogP contribution < -0.4 is 0 Å². The van der Waals surface area contributed by atoms with E-state index in [1.165, 1.54) is 20.0 Å². The standard InChI is InChI=1S/C8H14O2S2/c1-10-7(9)5-8(3-4-8)6-12-11-2/h3-6H2,1-2H3. The highest BCUT2D eigenvalue weighted by Crippen LogP contribution is 2.52. The fraction of sp³-hybridized carbons (Fsp3) is 0.875. The minimum absolute atomic E-state index is 0.0609. The lowest BCUT2D eigenvalue weighted by Gasteiger charge is -2.11. The zero-order valence-corrected chi connectivity index (χ0v) is 9.09. The van der Waals surface area contributed by atoms with E-state index in [-0.39, 0.29) is 5.97 Å². The van der Waals surface area contributed by atoms with Crippen LogP contribution in [-0.4, -0.2) is 25.1 Å². The number of rotatable bonds is 5. The average Bonchev–Trinajstić information content (AvgIpc) is 2.82. The van der Waals surface area contributed by atoms with Gasteiger partial charge in [0.25, 0.3) is 0 Å². The summed E-state index contributed by atoms with van der Waals surface area (Å²) in [5, 5.41) is 0. The van der Waals surface area contributed by atoms with Gasteiger partial charge in [0.2, 0.25) is 0 Å². The largest absolute Gasteiger partial charge is 0.469 e.